The maximum absolute atomic E-state index is 12.2. The summed E-state index contributed by atoms with van der Waals surface area (Å²) in [6.07, 6.45) is 4.18. The molecule has 0 atom stereocenters. The summed E-state index contributed by atoms with van der Waals surface area (Å²) in [7, 11) is 0. The summed E-state index contributed by atoms with van der Waals surface area (Å²) in [5, 5.41) is 10.1. The molecule has 1 aliphatic carbocycles. The van der Waals surface area contributed by atoms with Crippen LogP contribution in [0.2, 0.25) is 0 Å². The van der Waals surface area contributed by atoms with Gasteiger partial charge in [0.15, 0.2) is 0 Å². The number of aromatic amines is 1. The average molecular weight is 302 g/mol. The van der Waals surface area contributed by atoms with Crippen molar-refractivity contribution in [1.82, 2.24) is 9.97 Å². The quantitative estimate of drug-likeness (QED) is 0.849. The largest absolute Gasteiger partial charge is 0.493 e. The van der Waals surface area contributed by atoms with Crippen LogP contribution in [0, 0.1) is 0 Å². The Morgan fingerprint density at radius 2 is 1.95 bits per heavy atom. The standard InChI is InChI=1S/C16H18N2O2S/c19-15-14(11-6-4-5-7-11)16(20)18-13(17-15)10-21-12-8-2-1-3-9-12/h1-3,8-9,11H,4-7,10H2,(H2,17,18,19,20). The maximum Gasteiger partial charge on any atom is 0.258 e. The van der Waals surface area contributed by atoms with Gasteiger partial charge in [-0.05, 0) is 30.9 Å². The monoisotopic (exact) mass is 302 g/mol. The zero-order valence-electron chi connectivity index (χ0n) is 11.7. The van der Waals surface area contributed by atoms with Gasteiger partial charge in [-0.25, -0.2) is 0 Å². The number of hydrogen-bond acceptors (Lipinski definition) is 4. The van der Waals surface area contributed by atoms with E-state index in [-0.39, 0.29) is 17.4 Å². The Hall–Kier alpha value is -1.75. The minimum atomic E-state index is -0.182. The van der Waals surface area contributed by atoms with Crippen molar-refractivity contribution in [2.75, 3.05) is 0 Å². The number of benzene rings is 1. The molecule has 5 heteroatoms. The molecular formula is C16H18N2O2S. The van der Waals surface area contributed by atoms with Crippen LogP contribution in [0.15, 0.2) is 40.0 Å². The molecule has 0 unspecified atom stereocenters. The third-order valence-electron chi connectivity index (χ3n) is 3.87. The normalized spacial score (nSPS) is 15.4. The lowest BCUT2D eigenvalue weighted by Crippen LogP contribution is -2.18. The number of H-pyrrole nitrogens is 1. The zero-order chi connectivity index (χ0) is 14.7. The molecule has 1 aromatic heterocycles. The average Bonchev–Trinajstić information content (AvgIpc) is 2.99. The van der Waals surface area contributed by atoms with E-state index in [0.29, 0.717) is 17.1 Å². The van der Waals surface area contributed by atoms with E-state index in [1.54, 1.807) is 11.8 Å². The first-order valence-electron chi connectivity index (χ1n) is 7.24. The van der Waals surface area contributed by atoms with Gasteiger partial charge in [0.05, 0.1) is 11.3 Å². The highest BCUT2D eigenvalue weighted by Crippen LogP contribution is 2.35. The SMILES string of the molecule is O=c1[nH]c(CSc2ccccc2)nc(O)c1C1CCCC1. The van der Waals surface area contributed by atoms with E-state index in [1.807, 2.05) is 30.3 Å². The molecule has 21 heavy (non-hydrogen) atoms. The van der Waals surface area contributed by atoms with Crippen LogP contribution in [0.5, 0.6) is 5.88 Å². The first-order chi connectivity index (χ1) is 10.2. The fourth-order valence-corrected chi connectivity index (χ4v) is 3.62. The number of rotatable bonds is 4. The molecule has 0 aliphatic heterocycles. The molecule has 2 aromatic rings. The first-order valence-corrected chi connectivity index (χ1v) is 8.22. The lowest BCUT2D eigenvalue weighted by molar-refractivity contribution is 0.433. The predicted octanol–water partition coefficient (Wildman–Crippen LogP) is 3.43. The smallest absolute Gasteiger partial charge is 0.258 e. The molecule has 110 valence electrons. The lowest BCUT2D eigenvalue weighted by atomic mass is 10.00. The Balaban J connectivity index is 1.77. The van der Waals surface area contributed by atoms with Gasteiger partial charge in [0.25, 0.3) is 5.56 Å². The summed E-state index contributed by atoms with van der Waals surface area (Å²) in [6, 6.07) is 9.93. The van der Waals surface area contributed by atoms with E-state index in [2.05, 4.69) is 9.97 Å². The van der Waals surface area contributed by atoms with Crippen LogP contribution < -0.4 is 5.56 Å². The number of nitrogens with zero attached hydrogens (tertiary/aromatic N) is 1. The van der Waals surface area contributed by atoms with E-state index in [4.69, 9.17) is 0 Å². The van der Waals surface area contributed by atoms with E-state index in [1.165, 1.54) is 0 Å². The maximum atomic E-state index is 12.2. The predicted molar refractivity (Wildman–Crippen MR) is 83.7 cm³/mol. The van der Waals surface area contributed by atoms with Gasteiger partial charge in [-0.1, -0.05) is 31.0 Å². The Morgan fingerprint density at radius 3 is 2.62 bits per heavy atom. The van der Waals surface area contributed by atoms with Crippen LogP contribution >= 0.6 is 11.8 Å². The number of thioether (sulfide) groups is 1. The number of aromatic hydroxyl groups is 1. The van der Waals surface area contributed by atoms with E-state index >= 15 is 0 Å². The second kappa shape index (κ2) is 6.35. The van der Waals surface area contributed by atoms with Crippen LogP contribution in [0.25, 0.3) is 0 Å². The van der Waals surface area contributed by atoms with E-state index in [9.17, 15) is 9.90 Å². The van der Waals surface area contributed by atoms with Crippen molar-refractivity contribution in [2.24, 2.45) is 0 Å². The minimum absolute atomic E-state index is 0.0886. The highest BCUT2D eigenvalue weighted by Gasteiger charge is 2.24. The van der Waals surface area contributed by atoms with Crippen LogP contribution in [0.1, 0.15) is 43.0 Å². The summed E-state index contributed by atoms with van der Waals surface area (Å²) in [4.78, 5) is 20.3. The van der Waals surface area contributed by atoms with Gasteiger partial charge in [0, 0.05) is 4.90 Å². The molecule has 0 spiro atoms. The van der Waals surface area contributed by atoms with Gasteiger partial charge >= 0.3 is 0 Å². The number of hydrogen-bond donors (Lipinski definition) is 2. The Morgan fingerprint density at radius 1 is 1.24 bits per heavy atom. The van der Waals surface area contributed by atoms with Crippen LogP contribution in [0.4, 0.5) is 0 Å². The van der Waals surface area contributed by atoms with Crippen molar-refractivity contribution < 1.29 is 5.11 Å². The van der Waals surface area contributed by atoms with Gasteiger partial charge in [0.1, 0.15) is 5.82 Å². The summed E-state index contributed by atoms with van der Waals surface area (Å²) >= 11 is 1.59. The molecular weight excluding hydrogens is 284 g/mol. The molecule has 0 bridgehead atoms. The van der Waals surface area contributed by atoms with Crippen molar-refractivity contribution in [3.63, 3.8) is 0 Å². The van der Waals surface area contributed by atoms with Crippen LogP contribution in [0.3, 0.4) is 0 Å². The first kappa shape index (κ1) is 14.2. The highest BCUT2D eigenvalue weighted by atomic mass is 32.2. The van der Waals surface area contributed by atoms with Gasteiger partial charge in [-0.3, -0.25) is 4.79 Å². The number of nitrogens with one attached hydrogen (secondary N) is 1. The molecule has 4 nitrogen and oxygen atoms in total. The Labute approximate surface area is 127 Å². The molecule has 1 saturated carbocycles. The Bertz CT molecular complexity index is 664. The summed E-state index contributed by atoms with van der Waals surface area (Å²) in [5.74, 6) is 1.14. The molecule has 1 fully saturated rings. The summed E-state index contributed by atoms with van der Waals surface area (Å²) in [5.41, 5.74) is 0.291. The highest BCUT2D eigenvalue weighted by molar-refractivity contribution is 7.98. The fourth-order valence-electron chi connectivity index (χ4n) is 2.84. The van der Waals surface area contributed by atoms with Crippen molar-refractivity contribution in [2.45, 2.75) is 42.2 Å². The van der Waals surface area contributed by atoms with Gasteiger partial charge in [-0.15, -0.1) is 11.8 Å². The van der Waals surface area contributed by atoms with Crippen LogP contribution in [-0.4, -0.2) is 15.1 Å². The minimum Gasteiger partial charge on any atom is -0.493 e. The summed E-state index contributed by atoms with van der Waals surface area (Å²) < 4.78 is 0. The van der Waals surface area contributed by atoms with Crippen molar-refractivity contribution >= 4 is 11.8 Å². The van der Waals surface area contributed by atoms with Crippen molar-refractivity contribution in [3.05, 3.63) is 52.1 Å². The Kier molecular flexibility index (Phi) is 4.29. The molecule has 0 radical (unpaired) electrons. The third-order valence-corrected chi connectivity index (χ3v) is 4.89. The van der Waals surface area contributed by atoms with E-state index < -0.39 is 0 Å². The molecule has 0 saturated heterocycles. The third kappa shape index (κ3) is 3.29. The fraction of sp³-hybridized carbons (Fsp3) is 0.375. The van der Waals surface area contributed by atoms with E-state index in [0.717, 1.165) is 30.6 Å². The van der Waals surface area contributed by atoms with Crippen molar-refractivity contribution in [1.29, 1.82) is 0 Å². The number of aromatic nitrogens is 2. The molecule has 1 heterocycles. The van der Waals surface area contributed by atoms with Crippen molar-refractivity contribution in [3.8, 4) is 5.88 Å². The lowest BCUT2D eigenvalue weighted by Gasteiger charge is -2.10. The molecule has 2 N–H and O–H groups in total. The van der Waals surface area contributed by atoms with Gasteiger partial charge < -0.3 is 10.1 Å². The van der Waals surface area contributed by atoms with Gasteiger partial charge in [-0.2, -0.15) is 4.98 Å². The molecule has 3 rings (SSSR count). The molecule has 1 aromatic carbocycles. The zero-order valence-corrected chi connectivity index (χ0v) is 12.5. The molecule has 1 aliphatic rings. The topological polar surface area (TPSA) is 66.0 Å². The second-order valence-corrected chi connectivity index (χ2v) is 6.38. The van der Waals surface area contributed by atoms with Gasteiger partial charge in [0.2, 0.25) is 5.88 Å². The molecule has 0 amide bonds. The van der Waals surface area contributed by atoms with Crippen LogP contribution in [-0.2, 0) is 5.75 Å². The summed E-state index contributed by atoms with van der Waals surface area (Å²) in [6.45, 7) is 0. The second-order valence-electron chi connectivity index (χ2n) is 5.33.